The number of carbonyl (C=O) groups excluding carboxylic acids is 1. The Hall–Kier alpha value is -5.53. The van der Waals surface area contributed by atoms with Crippen LogP contribution in [0.5, 0.6) is 11.5 Å². The van der Waals surface area contributed by atoms with Crippen LogP contribution in [-0.2, 0) is 17.2 Å². The summed E-state index contributed by atoms with van der Waals surface area (Å²) in [5.74, 6) is 0.754. The Balaban J connectivity index is 0.000000712. The van der Waals surface area contributed by atoms with Gasteiger partial charge in [0.2, 0.25) is 0 Å². The number of aromatic nitrogens is 5. The average Bonchev–Trinajstić information content (AvgIpc) is 3.64. The van der Waals surface area contributed by atoms with Gasteiger partial charge < -0.3 is 10.1 Å². The standard InChI is InChI=1S/C30H24N6O3.CH4O3S/c1-19-12-26(30(38)36(18-19)23-6-4-3-5-7-23)29(37)34-22-8-10-24(11-9-22)39-28-13-20-17-33-35(2)27(20)14-25(28)21-15-31-32-16-21;1-5(2,3)4/h3-18H,1-2H3,(H,31,32)(H,34,37);1H3,(H,2,3,4). The summed E-state index contributed by atoms with van der Waals surface area (Å²) in [4.78, 5) is 26.2. The number of aryl methyl sites for hydroxylation is 2. The van der Waals surface area contributed by atoms with Crippen LogP contribution in [0, 0.1) is 6.92 Å². The molecule has 13 heteroatoms. The van der Waals surface area contributed by atoms with Crippen molar-refractivity contribution in [2.24, 2.45) is 7.05 Å². The third-order valence-electron chi connectivity index (χ3n) is 6.43. The van der Waals surface area contributed by atoms with Crippen molar-refractivity contribution in [3.8, 4) is 28.3 Å². The molecule has 0 bridgehead atoms. The van der Waals surface area contributed by atoms with E-state index in [2.05, 4.69) is 20.6 Å². The molecule has 44 heavy (non-hydrogen) atoms. The zero-order chi connectivity index (χ0) is 31.4. The van der Waals surface area contributed by atoms with Crippen LogP contribution in [0.15, 0.2) is 102 Å². The molecule has 1 amide bonds. The van der Waals surface area contributed by atoms with Crippen LogP contribution >= 0.6 is 0 Å². The van der Waals surface area contributed by atoms with Gasteiger partial charge in [0, 0.05) is 47.3 Å². The molecule has 0 fully saturated rings. The molecule has 6 aromatic rings. The molecule has 0 aliphatic rings. The van der Waals surface area contributed by atoms with E-state index in [0.717, 1.165) is 27.6 Å². The third-order valence-corrected chi connectivity index (χ3v) is 6.43. The number of para-hydroxylation sites is 1. The molecule has 0 saturated heterocycles. The lowest BCUT2D eigenvalue weighted by Crippen LogP contribution is -2.28. The van der Waals surface area contributed by atoms with E-state index in [1.807, 2.05) is 61.1 Å². The van der Waals surface area contributed by atoms with E-state index in [-0.39, 0.29) is 11.1 Å². The number of carbonyl (C=O) groups is 1. The fourth-order valence-corrected chi connectivity index (χ4v) is 4.48. The van der Waals surface area contributed by atoms with Crippen LogP contribution in [0.25, 0.3) is 27.7 Å². The summed E-state index contributed by atoms with van der Waals surface area (Å²) in [5.41, 5.74) is 4.43. The molecule has 0 spiro atoms. The van der Waals surface area contributed by atoms with E-state index in [9.17, 15) is 18.0 Å². The van der Waals surface area contributed by atoms with Gasteiger partial charge in [-0.1, -0.05) is 18.2 Å². The van der Waals surface area contributed by atoms with Crippen LogP contribution in [-0.4, -0.2) is 49.7 Å². The minimum atomic E-state index is -3.67. The predicted octanol–water partition coefficient (Wildman–Crippen LogP) is 4.97. The summed E-state index contributed by atoms with van der Waals surface area (Å²) >= 11 is 0. The zero-order valence-corrected chi connectivity index (χ0v) is 24.7. The summed E-state index contributed by atoms with van der Waals surface area (Å²) in [6.07, 6.45) is 7.77. The van der Waals surface area contributed by atoms with E-state index < -0.39 is 16.0 Å². The summed E-state index contributed by atoms with van der Waals surface area (Å²) < 4.78 is 35.4. The molecule has 3 heterocycles. The van der Waals surface area contributed by atoms with Crippen LogP contribution in [0.2, 0.25) is 0 Å². The monoisotopic (exact) mass is 612 g/mol. The summed E-state index contributed by atoms with van der Waals surface area (Å²) in [5, 5.41) is 15.0. The van der Waals surface area contributed by atoms with Gasteiger partial charge in [0.1, 0.15) is 17.1 Å². The van der Waals surface area contributed by atoms with E-state index >= 15 is 0 Å². The molecule has 3 aromatic heterocycles. The first-order valence-electron chi connectivity index (χ1n) is 13.2. The Morgan fingerprint density at radius 3 is 2.39 bits per heavy atom. The smallest absolute Gasteiger partial charge is 0.267 e. The molecule has 0 aliphatic carbocycles. The van der Waals surface area contributed by atoms with Crippen LogP contribution in [0.3, 0.4) is 0 Å². The molecule has 12 nitrogen and oxygen atoms in total. The van der Waals surface area contributed by atoms with Crippen LogP contribution in [0.4, 0.5) is 5.69 Å². The number of anilines is 1. The van der Waals surface area contributed by atoms with Crippen LogP contribution < -0.4 is 15.6 Å². The summed E-state index contributed by atoms with van der Waals surface area (Å²) in [6, 6.07) is 21.8. The Kier molecular flexibility index (Phi) is 8.42. The number of hydrogen-bond donors (Lipinski definition) is 3. The van der Waals surface area contributed by atoms with Gasteiger partial charge >= 0.3 is 0 Å². The van der Waals surface area contributed by atoms with Crippen LogP contribution in [0.1, 0.15) is 15.9 Å². The quantitative estimate of drug-likeness (QED) is 0.222. The maximum atomic E-state index is 13.1. The number of aromatic amines is 1. The third kappa shape index (κ3) is 7.09. The normalized spacial score (nSPS) is 11.1. The SMILES string of the molecule is CS(=O)(=O)O.Cc1cc(C(=O)Nc2ccc(Oc3cc4cnn(C)c4cc3-c3cn[nH]c3)cc2)c(=O)n(-c2ccccc2)c1. The molecule has 3 aromatic carbocycles. The number of hydrogen-bond acceptors (Lipinski definition) is 7. The highest BCUT2D eigenvalue weighted by Crippen LogP contribution is 2.36. The van der Waals surface area contributed by atoms with E-state index in [0.29, 0.717) is 29.1 Å². The Morgan fingerprint density at radius 1 is 1.02 bits per heavy atom. The summed E-state index contributed by atoms with van der Waals surface area (Å²) in [7, 11) is -1.78. The van der Waals surface area contributed by atoms with Gasteiger partial charge in [-0.3, -0.25) is 28.5 Å². The second kappa shape index (κ2) is 12.4. The molecular formula is C31H28N6O6S. The number of ether oxygens (including phenoxy) is 1. The number of nitrogens with one attached hydrogen (secondary N) is 2. The number of H-pyrrole nitrogens is 1. The van der Waals surface area contributed by atoms with Gasteiger partial charge in [0.25, 0.3) is 21.6 Å². The Morgan fingerprint density at radius 2 is 1.73 bits per heavy atom. The maximum Gasteiger partial charge on any atom is 0.267 e. The number of fused-ring (bicyclic) bond motifs is 1. The van der Waals surface area contributed by atoms with E-state index in [1.54, 1.807) is 55.1 Å². The van der Waals surface area contributed by atoms with Gasteiger partial charge in [-0.05, 0) is 67.1 Å². The molecule has 0 saturated carbocycles. The molecule has 3 N–H and O–H groups in total. The van der Waals surface area contributed by atoms with Crippen molar-refractivity contribution in [2.75, 3.05) is 11.6 Å². The van der Waals surface area contributed by atoms with Crippen molar-refractivity contribution in [1.29, 1.82) is 0 Å². The predicted molar refractivity (Wildman–Crippen MR) is 167 cm³/mol. The number of benzene rings is 3. The topological polar surface area (TPSA) is 161 Å². The highest BCUT2D eigenvalue weighted by atomic mass is 32.2. The molecule has 0 atom stereocenters. The maximum absolute atomic E-state index is 13.1. The highest BCUT2D eigenvalue weighted by Gasteiger charge is 2.16. The van der Waals surface area contributed by atoms with E-state index in [4.69, 9.17) is 9.29 Å². The van der Waals surface area contributed by atoms with Gasteiger partial charge in [0.05, 0.1) is 24.2 Å². The fraction of sp³-hybridized carbons (Fsp3) is 0.0968. The van der Waals surface area contributed by atoms with Crippen molar-refractivity contribution in [1.82, 2.24) is 24.5 Å². The molecule has 0 radical (unpaired) electrons. The van der Waals surface area contributed by atoms with Crippen molar-refractivity contribution >= 4 is 32.6 Å². The number of rotatable bonds is 6. The van der Waals surface area contributed by atoms with Crippen molar-refractivity contribution in [3.63, 3.8) is 0 Å². The number of pyridine rings is 1. The second-order valence-corrected chi connectivity index (χ2v) is 11.4. The fourth-order valence-electron chi connectivity index (χ4n) is 4.48. The first-order chi connectivity index (χ1) is 21.0. The lowest BCUT2D eigenvalue weighted by molar-refractivity contribution is 0.102. The second-order valence-electron chi connectivity index (χ2n) is 9.92. The lowest BCUT2D eigenvalue weighted by atomic mass is 10.1. The number of amides is 1. The first kappa shape index (κ1) is 29.9. The molecule has 6 rings (SSSR count). The molecule has 0 unspecified atom stereocenters. The largest absolute Gasteiger partial charge is 0.457 e. The summed E-state index contributed by atoms with van der Waals surface area (Å²) in [6.45, 7) is 1.85. The zero-order valence-electron chi connectivity index (χ0n) is 23.9. The van der Waals surface area contributed by atoms with Crippen molar-refractivity contribution in [3.05, 3.63) is 119 Å². The molecule has 0 aliphatic heterocycles. The minimum absolute atomic E-state index is 0.0636. The molecule has 224 valence electrons. The average molecular weight is 613 g/mol. The Labute approximate surface area is 252 Å². The first-order valence-corrected chi connectivity index (χ1v) is 15.1. The van der Waals surface area contributed by atoms with Gasteiger partial charge in [-0.15, -0.1) is 0 Å². The highest BCUT2D eigenvalue weighted by molar-refractivity contribution is 7.85. The van der Waals surface area contributed by atoms with Gasteiger partial charge in [0.15, 0.2) is 0 Å². The number of nitrogens with zero attached hydrogens (tertiary/aromatic N) is 4. The molecular weight excluding hydrogens is 584 g/mol. The van der Waals surface area contributed by atoms with E-state index in [1.165, 1.54) is 4.57 Å². The minimum Gasteiger partial charge on any atom is -0.457 e. The van der Waals surface area contributed by atoms with Crippen molar-refractivity contribution < 1.29 is 22.5 Å². The van der Waals surface area contributed by atoms with Crippen molar-refractivity contribution in [2.45, 2.75) is 6.92 Å². The Bertz CT molecular complexity index is 2100. The van der Waals surface area contributed by atoms with Gasteiger partial charge in [-0.2, -0.15) is 18.6 Å². The van der Waals surface area contributed by atoms with Gasteiger partial charge in [-0.25, -0.2) is 0 Å². The lowest BCUT2D eigenvalue weighted by Gasteiger charge is -2.13.